The molecule has 0 spiro atoms. The van der Waals surface area contributed by atoms with Gasteiger partial charge in [-0.2, -0.15) is 8.78 Å². The van der Waals surface area contributed by atoms with E-state index in [1.165, 1.54) is 0 Å². The molecule has 0 aliphatic rings. The van der Waals surface area contributed by atoms with E-state index in [1.807, 2.05) is 0 Å². The third-order valence-corrected chi connectivity index (χ3v) is 1.94. The summed E-state index contributed by atoms with van der Waals surface area (Å²) in [5.74, 6) is -3.39. The van der Waals surface area contributed by atoms with Gasteiger partial charge in [0.1, 0.15) is 0 Å². The van der Waals surface area contributed by atoms with Crippen LogP contribution in [0.25, 0.3) is 0 Å². The lowest BCUT2D eigenvalue weighted by molar-refractivity contribution is -0.125. The molecule has 6 heteroatoms. The van der Waals surface area contributed by atoms with Crippen molar-refractivity contribution in [2.45, 2.75) is 32.6 Å². The molecular formula is C10H20F4N2. The normalized spacial score (nSPS) is 12.8. The highest BCUT2D eigenvalue weighted by Gasteiger charge is 2.39. The van der Waals surface area contributed by atoms with Crippen LogP contribution in [0.5, 0.6) is 0 Å². The van der Waals surface area contributed by atoms with Crippen molar-refractivity contribution in [3.8, 4) is 0 Å². The maximum Gasteiger partial charge on any atom is 0.319 e. The van der Waals surface area contributed by atoms with Crippen molar-refractivity contribution in [3.05, 3.63) is 0 Å². The molecule has 0 bridgehead atoms. The van der Waals surface area contributed by atoms with Gasteiger partial charge in [-0.05, 0) is 32.0 Å². The number of halogens is 4. The lowest BCUT2D eigenvalue weighted by Crippen LogP contribution is -2.39. The van der Waals surface area contributed by atoms with Crippen molar-refractivity contribution in [2.75, 3.05) is 26.2 Å². The van der Waals surface area contributed by atoms with Gasteiger partial charge in [-0.15, -0.1) is 0 Å². The van der Waals surface area contributed by atoms with Crippen LogP contribution >= 0.6 is 0 Å². The molecule has 0 fully saturated rings. The van der Waals surface area contributed by atoms with Crippen LogP contribution in [0.2, 0.25) is 0 Å². The Morgan fingerprint density at radius 1 is 1.06 bits per heavy atom. The van der Waals surface area contributed by atoms with E-state index in [4.69, 9.17) is 0 Å². The van der Waals surface area contributed by atoms with Crippen molar-refractivity contribution in [2.24, 2.45) is 5.92 Å². The third-order valence-electron chi connectivity index (χ3n) is 1.94. The summed E-state index contributed by atoms with van der Waals surface area (Å²) < 4.78 is 48.3. The lowest BCUT2D eigenvalue weighted by atomic mass is 10.2. The fraction of sp³-hybridized carbons (Fsp3) is 1.00. The lowest BCUT2D eigenvalue weighted by Gasteiger charge is -2.15. The van der Waals surface area contributed by atoms with Crippen LogP contribution in [0.1, 0.15) is 20.3 Å². The summed E-state index contributed by atoms with van der Waals surface area (Å²) in [7, 11) is 0. The molecule has 0 aromatic heterocycles. The van der Waals surface area contributed by atoms with E-state index in [0.29, 0.717) is 25.4 Å². The molecule has 0 atom stereocenters. The minimum absolute atomic E-state index is 0.313. The molecule has 2 nitrogen and oxygen atoms in total. The molecule has 2 N–H and O–H groups in total. The summed E-state index contributed by atoms with van der Waals surface area (Å²) in [6, 6.07) is 0. The summed E-state index contributed by atoms with van der Waals surface area (Å²) in [6.07, 6.45) is -2.95. The standard InChI is InChI=1S/C10H20F4N2/c1-8(2)6-15-4-3-5-16-7-10(13,14)9(11)12/h8-9,15-16H,3-7H2,1-2H3. The molecule has 0 saturated carbocycles. The zero-order chi connectivity index (χ0) is 12.6. The molecule has 0 aromatic carbocycles. The average Bonchev–Trinajstić information content (AvgIpc) is 2.15. The van der Waals surface area contributed by atoms with Gasteiger partial charge >= 0.3 is 12.3 Å². The molecule has 0 heterocycles. The van der Waals surface area contributed by atoms with Gasteiger partial charge < -0.3 is 10.6 Å². The van der Waals surface area contributed by atoms with Crippen LogP contribution in [0.15, 0.2) is 0 Å². The van der Waals surface area contributed by atoms with E-state index in [0.717, 1.165) is 6.54 Å². The molecule has 98 valence electrons. The average molecular weight is 244 g/mol. The Kier molecular flexibility index (Phi) is 7.66. The Hall–Kier alpha value is -0.360. The predicted molar refractivity (Wildman–Crippen MR) is 56.1 cm³/mol. The fourth-order valence-corrected chi connectivity index (χ4v) is 1.06. The van der Waals surface area contributed by atoms with E-state index in [2.05, 4.69) is 24.5 Å². The van der Waals surface area contributed by atoms with Crippen LogP contribution in [-0.2, 0) is 0 Å². The second-order valence-corrected chi connectivity index (χ2v) is 4.19. The Labute approximate surface area is 93.8 Å². The highest BCUT2D eigenvalue weighted by molar-refractivity contribution is 4.72. The van der Waals surface area contributed by atoms with Crippen LogP contribution < -0.4 is 10.6 Å². The Balaban J connectivity index is 3.34. The van der Waals surface area contributed by atoms with Crippen LogP contribution in [0.3, 0.4) is 0 Å². The van der Waals surface area contributed by atoms with Crippen molar-refractivity contribution in [1.82, 2.24) is 10.6 Å². The Morgan fingerprint density at radius 2 is 1.62 bits per heavy atom. The van der Waals surface area contributed by atoms with Crippen LogP contribution in [0, 0.1) is 5.92 Å². The van der Waals surface area contributed by atoms with Gasteiger partial charge in [-0.1, -0.05) is 13.8 Å². The van der Waals surface area contributed by atoms with Crippen molar-refractivity contribution in [3.63, 3.8) is 0 Å². The van der Waals surface area contributed by atoms with E-state index >= 15 is 0 Å². The summed E-state index contributed by atoms with van der Waals surface area (Å²) >= 11 is 0. The van der Waals surface area contributed by atoms with Gasteiger partial charge in [-0.25, -0.2) is 8.78 Å². The molecule has 0 amide bonds. The van der Waals surface area contributed by atoms with Crippen molar-refractivity contribution in [1.29, 1.82) is 0 Å². The molecular weight excluding hydrogens is 224 g/mol. The molecule has 0 saturated heterocycles. The maximum atomic E-state index is 12.4. The highest BCUT2D eigenvalue weighted by atomic mass is 19.3. The molecule has 0 rings (SSSR count). The monoisotopic (exact) mass is 244 g/mol. The molecule has 0 aromatic rings. The topological polar surface area (TPSA) is 24.1 Å². The fourth-order valence-electron chi connectivity index (χ4n) is 1.06. The van der Waals surface area contributed by atoms with E-state index in [9.17, 15) is 17.6 Å². The first-order valence-electron chi connectivity index (χ1n) is 5.43. The van der Waals surface area contributed by atoms with E-state index < -0.39 is 18.9 Å². The summed E-state index contributed by atoms with van der Waals surface area (Å²) in [6.45, 7) is 5.05. The number of hydrogen-bond acceptors (Lipinski definition) is 2. The summed E-state index contributed by atoms with van der Waals surface area (Å²) in [5.41, 5.74) is 0. The largest absolute Gasteiger partial charge is 0.319 e. The third kappa shape index (κ3) is 7.87. The smallest absolute Gasteiger partial charge is 0.316 e. The van der Waals surface area contributed by atoms with Gasteiger partial charge in [0.05, 0.1) is 6.54 Å². The van der Waals surface area contributed by atoms with Gasteiger partial charge in [0.25, 0.3) is 0 Å². The summed E-state index contributed by atoms with van der Waals surface area (Å²) in [5, 5.41) is 5.45. The van der Waals surface area contributed by atoms with Crippen molar-refractivity contribution < 1.29 is 17.6 Å². The maximum absolute atomic E-state index is 12.4. The van der Waals surface area contributed by atoms with Gasteiger partial charge in [-0.3, -0.25) is 0 Å². The first-order chi connectivity index (χ1) is 7.36. The Bertz CT molecular complexity index is 174. The van der Waals surface area contributed by atoms with Crippen LogP contribution in [-0.4, -0.2) is 38.5 Å². The second kappa shape index (κ2) is 7.84. The first-order valence-corrected chi connectivity index (χ1v) is 5.43. The number of alkyl halides is 4. The molecule has 0 unspecified atom stereocenters. The van der Waals surface area contributed by atoms with Gasteiger partial charge in [0.2, 0.25) is 0 Å². The van der Waals surface area contributed by atoms with Gasteiger partial charge in [0.15, 0.2) is 0 Å². The van der Waals surface area contributed by atoms with Gasteiger partial charge in [0, 0.05) is 0 Å². The van der Waals surface area contributed by atoms with E-state index in [1.54, 1.807) is 0 Å². The minimum Gasteiger partial charge on any atom is -0.316 e. The first kappa shape index (κ1) is 15.6. The zero-order valence-electron chi connectivity index (χ0n) is 9.70. The molecule has 16 heavy (non-hydrogen) atoms. The molecule has 0 aliphatic heterocycles. The molecule has 0 aliphatic carbocycles. The van der Waals surface area contributed by atoms with Crippen LogP contribution in [0.4, 0.5) is 17.6 Å². The second-order valence-electron chi connectivity index (χ2n) is 4.19. The summed E-state index contributed by atoms with van der Waals surface area (Å²) in [4.78, 5) is 0. The Morgan fingerprint density at radius 3 is 2.12 bits per heavy atom. The minimum atomic E-state index is -3.93. The number of rotatable bonds is 9. The highest BCUT2D eigenvalue weighted by Crippen LogP contribution is 2.21. The predicted octanol–water partition coefficient (Wildman–Crippen LogP) is 2.11. The quantitative estimate of drug-likeness (QED) is 0.479. The van der Waals surface area contributed by atoms with Crippen molar-refractivity contribution >= 4 is 0 Å². The number of hydrogen-bond donors (Lipinski definition) is 2. The SMILES string of the molecule is CC(C)CNCCCNCC(F)(F)C(F)F. The van der Waals surface area contributed by atoms with E-state index in [-0.39, 0.29) is 0 Å². The molecule has 0 radical (unpaired) electrons. The zero-order valence-corrected chi connectivity index (χ0v) is 9.70. The number of nitrogens with one attached hydrogen (secondary N) is 2.